The number of nitrogens with two attached hydrogens (primary N) is 1. The number of aromatic nitrogens is 1. The molecule has 0 saturated carbocycles. The summed E-state index contributed by atoms with van der Waals surface area (Å²) < 4.78 is 0. The van der Waals surface area contributed by atoms with Crippen molar-refractivity contribution in [3.05, 3.63) is 33.6 Å². The molecule has 1 aromatic heterocycles. The summed E-state index contributed by atoms with van der Waals surface area (Å²) in [6.45, 7) is 4.78. The van der Waals surface area contributed by atoms with Crippen LogP contribution < -0.4 is 5.73 Å². The average molecular weight is 315 g/mol. The quantitative estimate of drug-likeness (QED) is 0.673. The summed E-state index contributed by atoms with van der Waals surface area (Å²) in [6, 6.07) is 1.39. The third-order valence-corrected chi connectivity index (χ3v) is 3.77. The van der Waals surface area contributed by atoms with Gasteiger partial charge in [0.1, 0.15) is 6.20 Å². The van der Waals surface area contributed by atoms with Crippen LogP contribution >= 0.6 is 12.4 Å². The van der Waals surface area contributed by atoms with Gasteiger partial charge in [-0.1, -0.05) is 0 Å². The van der Waals surface area contributed by atoms with Crippen LogP contribution in [-0.2, 0) is 0 Å². The van der Waals surface area contributed by atoms with E-state index >= 15 is 0 Å². The summed E-state index contributed by atoms with van der Waals surface area (Å²) in [5, 5.41) is 10.8. The molecule has 1 amide bonds. The van der Waals surface area contributed by atoms with Gasteiger partial charge in [0.15, 0.2) is 0 Å². The zero-order valence-electron chi connectivity index (χ0n) is 12.0. The Morgan fingerprint density at radius 3 is 2.81 bits per heavy atom. The van der Waals surface area contributed by atoms with Crippen molar-refractivity contribution in [3.8, 4) is 0 Å². The van der Waals surface area contributed by atoms with Crippen molar-refractivity contribution in [2.24, 2.45) is 11.7 Å². The van der Waals surface area contributed by atoms with Crippen molar-refractivity contribution in [2.45, 2.75) is 26.3 Å². The number of aryl methyl sites for hydroxylation is 1. The zero-order valence-corrected chi connectivity index (χ0v) is 12.8. The van der Waals surface area contributed by atoms with Gasteiger partial charge >= 0.3 is 0 Å². The van der Waals surface area contributed by atoms with Gasteiger partial charge in [-0.15, -0.1) is 12.4 Å². The van der Waals surface area contributed by atoms with Crippen LogP contribution in [0.3, 0.4) is 0 Å². The molecule has 1 aliphatic heterocycles. The number of carbonyl (C=O) groups excluding carboxylic acids is 1. The van der Waals surface area contributed by atoms with Gasteiger partial charge in [-0.05, 0) is 32.7 Å². The Kier molecular flexibility index (Phi) is 5.62. The molecule has 2 unspecified atom stereocenters. The smallest absolute Gasteiger partial charge is 0.288 e. The molecule has 0 aromatic carbocycles. The number of pyridine rings is 1. The summed E-state index contributed by atoms with van der Waals surface area (Å²) >= 11 is 0. The molecule has 8 heteroatoms. The molecular weight excluding hydrogens is 296 g/mol. The maximum absolute atomic E-state index is 12.5. The maximum atomic E-state index is 12.5. The molecule has 116 valence electrons. The molecular formula is C13H19ClN4O3. The van der Waals surface area contributed by atoms with Crippen molar-refractivity contribution in [1.82, 2.24) is 9.88 Å². The first kappa shape index (κ1) is 17.3. The number of rotatable bonds is 3. The summed E-state index contributed by atoms with van der Waals surface area (Å²) in [5.74, 6) is 0.0862. The Labute approximate surface area is 129 Å². The van der Waals surface area contributed by atoms with Crippen molar-refractivity contribution in [2.75, 3.05) is 13.1 Å². The number of nitrogens with zero attached hydrogens (tertiary/aromatic N) is 3. The van der Waals surface area contributed by atoms with Crippen LogP contribution in [0.1, 0.15) is 29.4 Å². The molecule has 1 fully saturated rings. The van der Waals surface area contributed by atoms with Crippen LogP contribution in [-0.4, -0.2) is 39.8 Å². The van der Waals surface area contributed by atoms with E-state index in [2.05, 4.69) is 4.98 Å². The molecule has 21 heavy (non-hydrogen) atoms. The molecule has 7 nitrogen and oxygen atoms in total. The van der Waals surface area contributed by atoms with Crippen LogP contribution in [0.25, 0.3) is 0 Å². The number of hydrogen-bond acceptors (Lipinski definition) is 5. The average Bonchev–Trinajstić information content (AvgIpc) is 2.79. The highest BCUT2D eigenvalue weighted by Gasteiger charge is 2.33. The summed E-state index contributed by atoms with van der Waals surface area (Å²) in [4.78, 5) is 28.5. The van der Waals surface area contributed by atoms with E-state index in [1.165, 1.54) is 12.3 Å². The fourth-order valence-electron chi connectivity index (χ4n) is 2.59. The highest BCUT2D eigenvalue weighted by Crippen LogP contribution is 2.25. The predicted octanol–water partition coefficient (Wildman–Crippen LogP) is 1.53. The standard InChI is InChI=1S/C13H18N4O3.ClH/c1-8-3-10(5-14)7-16(8)13(18)12-4-11(17(19)20)6-15-9(12)2;/h4,6,8,10H,3,5,7,14H2,1-2H3;1H. The van der Waals surface area contributed by atoms with E-state index in [9.17, 15) is 14.9 Å². The van der Waals surface area contributed by atoms with E-state index in [0.717, 1.165) is 6.42 Å². The molecule has 1 aromatic rings. The molecule has 0 radical (unpaired) electrons. The number of likely N-dealkylation sites (tertiary alicyclic amines) is 1. The van der Waals surface area contributed by atoms with Crippen molar-refractivity contribution in [3.63, 3.8) is 0 Å². The maximum Gasteiger partial charge on any atom is 0.288 e. The van der Waals surface area contributed by atoms with Gasteiger partial charge < -0.3 is 10.6 Å². The predicted molar refractivity (Wildman–Crippen MR) is 80.5 cm³/mol. The minimum absolute atomic E-state index is 0. The summed E-state index contributed by atoms with van der Waals surface area (Å²) in [6.07, 6.45) is 2.03. The Morgan fingerprint density at radius 1 is 1.62 bits per heavy atom. The number of carbonyl (C=O) groups is 1. The second-order valence-corrected chi connectivity index (χ2v) is 5.23. The second kappa shape index (κ2) is 6.82. The molecule has 0 bridgehead atoms. The lowest BCUT2D eigenvalue weighted by Gasteiger charge is -2.22. The number of hydrogen-bond donors (Lipinski definition) is 1. The van der Waals surface area contributed by atoms with Crippen molar-refractivity contribution in [1.29, 1.82) is 0 Å². The molecule has 0 aliphatic carbocycles. The summed E-state index contributed by atoms with van der Waals surface area (Å²) in [7, 11) is 0. The van der Waals surface area contributed by atoms with Crippen molar-refractivity contribution >= 4 is 24.0 Å². The molecule has 2 atom stereocenters. The number of amides is 1. The first-order chi connectivity index (χ1) is 9.43. The Bertz CT molecular complexity index is 552. The lowest BCUT2D eigenvalue weighted by Crippen LogP contribution is -2.35. The lowest BCUT2D eigenvalue weighted by molar-refractivity contribution is -0.385. The van der Waals surface area contributed by atoms with Crippen LogP contribution in [0.5, 0.6) is 0 Å². The minimum atomic E-state index is -0.542. The highest BCUT2D eigenvalue weighted by atomic mass is 35.5. The number of nitro groups is 1. The Balaban J connectivity index is 0.00000220. The van der Waals surface area contributed by atoms with E-state index in [-0.39, 0.29) is 30.0 Å². The number of halogens is 1. The monoisotopic (exact) mass is 314 g/mol. The first-order valence-electron chi connectivity index (χ1n) is 6.56. The molecule has 1 aliphatic rings. The third kappa shape index (κ3) is 3.48. The molecule has 2 N–H and O–H groups in total. The fourth-order valence-corrected chi connectivity index (χ4v) is 2.59. The normalized spacial score (nSPS) is 21.0. The molecule has 0 spiro atoms. The Morgan fingerprint density at radius 2 is 2.29 bits per heavy atom. The Hall–Kier alpha value is -1.73. The van der Waals surface area contributed by atoms with Gasteiger partial charge in [0, 0.05) is 18.7 Å². The first-order valence-corrected chi connectivity index (χ1v) is 6.56. The van der Waals surface area contributed by atoms with Crippen LogP contribution in [0.2, 0.25) is 0 Å². The van der Waals surface area contributed by atoms with Gasteiger partial charge in [0.25, 0.3) is 11.6 Å². The summed E-state index contributed by atoms with van der Waals surface area (Å²) in [5.41, 5.74) is 6.28. The highest BCUT2D eigenvalue weighted by molar-refractivity contribution is 5.96. The molecule has 1 saturated heterocycles. The largest absolute Gasteiger partial charge is 0.336 e. The third-order valence-electron chi connectivity index (χ3n) is 3.77. The van der Waals surface area contributed by atoms with Gasteiger partial charge in [-0.25, -0.2) is 0 Å². The van der Waals surface area contributed by atoms with E-state index in [1.807, 2.05) is 6.92 Å². The topological polar surface area (TPSA) is 102 Å². The van der Waals surface area contributed by atoms with Gasteiger partial charge in [0.05, 0.1) is 16.2 Å². The SMILES string of the molecule is Cc1ncc([N+](=O)[O-])cc1C(=O)N1CC(CN)CC1C.Cl. The lowest BCUT2D eigenvalue weighted by atomic mass is 10.1. The van der Waals surface area contributed by atoms with Crippen molar-refractivity contribution < 1.29 is 9.72 Å². The van der Waals surface area contributed by atoms with E-state index in [1.54, 1.807) is 11.8 Å². The van der Waals surface area contributed by atoms with E-state index in [4.69, 9.17) is 5.73 Å². The van der Waals surface area contributed by atoms with E-state index < -0.39 is 4.92 Å². The van der Waals surface area contributed by atoms with Crippen LogP contribution in [0.4, 0.5) is 5.69 Å². The zero-order chi connectivity index (χ0) is 14.9. The minimum Gasteiger partial charge on any atom is -0.336 e. The molecule has 2 rings (SSSR count). The van der Waals surface area contributed by atoms with Gasteiger partial charge in [0.2, 0.25) is 0 Å². The van der Waals surface area contributed by atoms with Crippen LogP contribution in [0.15, 0.2) is 12.3 Å². The van der Waals surface area contributed by atoms with Gasteiger partial charge in [-0.2, -0.15) is 0 Å². The van der Waals surface area contributed by atoms with Gasteiger partial charge in [-0.3, -0.25) is 19.9 Å². The second-order valence-electron chi connectivity index (χ2n) is 5.23. The van der Waals surface area contributed by atoms with Crippen LogP contribution in [0, 0.1) is 23.0 Å². The van der Waals surface area contributed by atoms with E-state index in [0.29, 0.717) is 30.3 Å². The molecule has 2 heterocycles. The fraction of sp³-hybridized carbons (Fsp3) is 0.538.